The summed E-state index contributed by atoms with van der Waals surface area (Å²) < 4.78 is 34.5. The summed E-state index contributed by atoms with van der Waals surface area (Å²) in [6, 6.07) is 12.4. The molecule has 1 N–H and O–H groups in total. The Morgan fingerprint density at radius 1 is 1.07 bits per heavy atom. The van der Waals surface area contributed by atoms with Crippen molar-refractivity contribution in [3.63, 3.8) is 0 Å². The average molecular weight is 391 g/mol. The first-order valence-corrected chi connectivity index (χ1v) is 9.91. The van der Waals surface area contributed by atoms with Gasteiger partial charge in [-0.2, -0.15) is 0 Å². The molecule has 2 aromatic rings. The first kappa shape index (κ1) is 20.4. The van der Waals surface area contributed by atoms with Gasteiger partial charge in [0.2, 0.25) is 0 Å². The molecule has 0 saturated heterocycles. The molecule has 144 valence electrons. The molecular weight excluding hydrogens is 370 g/mol. The van der Waals surface area contributed by atoms with E-state index >= 15 is 0 Å². The normalized spacial score (nSPS) is 12.1. The van der Waals surface area contributed by atoms with Gasteiger partial charge in [0, 0.05) is 5.69 Å². The molecule has 8 heteroatoms. The number of nitrogens with one attached hydrogen (secondary N) is 1. The van der Waals surface area contributed by atoms with Gasteiger partial charge < -0.3 is 14.8 Å². The fourth-order valence-electron chi connectivity index (χ4n) is 2.26. The number of carbonyl (C=O) groups excluding carboxylic acids is 2. The van der Waals surface area contributed by atoms with Gasteiger partial charge in [-0.15, -0.1) is 0 Å². The van der Waals surface area contributed by atoms with E-state index in [0.717, 1.165) is 0 Å². The number of benzene rings is 2. The van der Waals surface area contributed by atoms with Gasteiger partial charge in [0.25, 0.3) is 5.91 Å². The fraction of sp³-hybridized carbons (Fsp3) is 0.263. The number of sulfone groups is 1. The van der Waals surface area contributed by atoms with Gasteiger partial charge in [0.1, 0.15) is 5.75 Å². The third-order valence-corrected chi connectivity index (χ3v) is 5.62. The summed E-state index contributed by atoms with van der Waals surface area (Å²) in [5.74, 6) is -0.921. The van der Waals surface area contributed by atoms with E-state index in [-0.39, 0.29) is 16.2 Å². The van der Waals surface area contributed by atoms with Crippen LogP contribution in [-0.2, 0) is 19.4 Å². The lowest BCUT2D eigenvalue weighted by molar-refractivity contribution is -0.123. The fourth-order valence-corrected chi connectivity index (χ4v) is 3.34. The molecule has 0 aliphatic carbocycles. The van der Waals surface area contributed by atoms with Crippen LogP contribution in [0, 0.1) is 0 Å². The van der Waals surface area contributed by atoms with Gasteiger partial charge in [-0.25, -0.2) is 13.2 Å². The quantitative estimate of drug-likeness (QED) is 0.729. The van der Waals surface area contributed by atoms with Crippen molar-refractivity contribution in [2.45, 2.75) is 24.8 Å². The van der Waals surface area contributed by atoms with Crippen LogP contribution in [0.4, 0.5) is 5.69 Å². The van der Waals surface area contributed by atoms with Crippen molar-refractivity contribution >= 4 is 27.4 Å². The van der Waals surface area contributed by atoms with E-state index in [1.54, 1.807) is 24.3 Å². The number of methoxy groups -OCH3 is 1. The zero-order chi connectivity index (χ0) is 20.0. The maximum absolute atomic E-state index is 12.4. The molecule has 2 aromatic carbocycles. The minimum absolute atomic E-state index is 0.0940. The Bertz CT molecular complexity index is 921. The van der Waals surface area contributed by atoms with Crippen LogP contribution >= 0.6 is 0 Å². The number of ether oxygens (including phenoxy) is 2. The second kappa shape index (κ2) is 8.68. The van der Waals surface area contributed by atoms with Gasteiger partial charge in [-0.05, 0) is 43.3 Å². The summed E-state index contributed by atoms with van der Waals surface area (Å²) >= 11 is 0. The number of hydrogen-bond donors (Lipinski definition) is 1. The third kappa shape index (κ3) is 5.07. The third-order valence-electron chi connectivity index (χ3n) is 3.83. The zero-order valence-corrected chi connectivity index (χ0v) is 16.1. The average Bonchev–Trinajstić information content (AvgIpc) is 2.68. The number of anilines is 1. The maximum Gasteiger partial charge on any atom is 0.340 e. The molecule has 1 amide bonds. The Kier molecular flexibility index (Phi) is 6.57. The van der Waals surface area contributed by atoms with Crippen LogP contribution in [0.1, 0.15) is 24.2 Å². The zero-order valence-electron chi connectivity index (χ0n) is 15.3. The minimum atomic E-state index is -3.60. The molecule has 0 unspecified atom stereocenters. The molecule has 0 aliphatic heterocycles. The molecule has 7 nitrogen and oxygen atoms in total. The van der Waals surface area contributed by atoms with Crippen molar-refractivity contribution in [3.05, 3.63) is 54.1 Å². The topological polar surface area (TPSA) is 98.8 Å². The first-order valence-electron chi connectivity index (χ1n) is 8.26. The molecule has 0 heterocycles. The molecule has 0 saturated carbocycles. The van der Waals surface area contributed by atoms with E-state index in [0.29, 0.717) is 11.4 Å². The van der Waals surface area contributed by atoms with E-state index in [1.165, 1.54) is 45.2 Å². The first-order chi connectivity index (χ1) is 12.8. The van der Waals surface area contributed by atoms with Crippen molar-refractivity contribution in [1.82, 2.24) is 0 Å². The molecule has 27 heavy (non-hydrogen) atoms. The van der Waals surface area contributed by atoms with Crippen molar-refractivity contribution < 1.29 is 27.5 Å². The molecule has 2 rings (SSSR count). The van der Waals surface area contributed by atoms with E-state index in [9.17, 15) is 18.0 Å². The monoisotopic (exact) mass is 391 g/mol. The number of amides is 1. The molecular formula is C19H21NO6S. The van der Waals surface area contributed by atoms with Crippen molar-refractivity contribution in [3.8, 4) is 5.75 Å². The van der Waals surface area contributed by atoms with Crippen molar-refractivity contribution in [1.29, 1.82) is 0 Å². The number of rotatable bonds is 7. The highest BCUT2D eigenvalue weighted by Gasteiger charge is 2.25. The van der Waals surface area contributed by atoms with Gasteiger partial charge >= 0.3 is 5.97 Å². The molecule has 0 aliphatic rings. The Labute approximate surface area is 158 Å². The molecule has 0 bridgehead atoms. The highest BCUT2D eigenvalue weighted by atomic mass is 32.2. The van der Waals surface area contributed by atoms with Crippen LogP contribution in [0.15, 0.2) is 53.4 Å². The van der Waals surface area contributed by atoms with E-state index in [2.05, 4.69) is 5.32 Å². The molecule has 0 radical (unpaired) electrons. The summed E-state index contributed by atoms with van der Waals surface area (Å²) in [6.45, 7) is 2.90. The van der Waals surface area contributed by atoms with Gasteiger partial charge in [-0.1, -0.05) is 19.1 Å². The van der Waals surface area contributed by atoms with Gasteiger partial charge in [0.15, 0.2) is 15.9 Å². The Balaban J connectivity index is 2.10. The molecule has 0 aromatic heterocycles. The van der Waals surface area contributed by atoms with Crippen LogP contribution < -0.4 is 10.1 Å². The van der Waals surface area contributed by atoms with Crippen LogP contribution in [0.25, 0.3) is 0 Å². The summed E-state index contributed by atoms with van der Waals surface area (Å²) in [6.07, 6.45) is -1.11. The lowest BCUT2D eigenvalue weighted by Crippen LogP contribution is -2.30. The Morgan fingerprint density at radius 3 is 2.30 bits per heavy atom. The van der Waals surface area contributed by atoms with Gasteiger partial charge in [-0.3, -0.25) is 4.79 Å². The smallest absolute Gasteiger partial charge is 0.340 e. The Morgan fingerprint density at radius 2 is 1.70 bits per heavy atom. The number of esters is 1. The highest BCUT2D eigenvalue weighted by molar-refractivity contribution is 7.91. The Hall–Kier alpha value is -2.87. The molecule has 0 spiro atoms. The van der Waals surface area contributed by atoms with Crippen LogP contribution in [-0.4, -0.2) is 39.3 Å². The summed E-state index contributed by atoms with van der Waals surface area (Å²) in [4.78, 5) is 24.5. The minimum Gasteiger partial charge on any atom is -0.497 e. The van der Waals surface area contributed by atoms with Crippen LogP contribution in [0.5, 0.6) is 5.75 Å². The van der Waals surface area contributed by atoms with Crippen LogP contribution in [0.3, 0.4) is 0 Å². The second-order valence-corrected chi connectivity index (χ2v) is 7.91. The number of carbonyl (C=O) groups is 2. The van der Waals surface area contributed by atoms with Crippen molar-refractivity contribution in [2.75, 3.05) is 18.2 Å². The predicted molar refractivity (Wildman–Crippen MR) is 101 cm³/mol. The standard InChI is InChI=1S/C19H21NO6S/c1-4-27(23,24)17-8-6-5-7-16(17)19(22)26-13(2)18(21)20-14-9-11-15(25-3)12-10-14/h5-13H,4H2,1-3H3,(H,20,21)/t13-/m1/s1. The SMILES string of the molecule is CCS(=O)(=O)c1ccccc1C(=O)O[C@H](C)C(=O)Nc1ccc(OC)cc1. The van der Waals surface area contributed by atoms with Crippen molar-refractivity contribution in [2.24, 2.45) is 0 Å². The van der Waals surface area contributed by atoms with Crippen LogP contribution in [0.2, 0.25) is 0 Å². The second-order valence-electron chi connectivity index (χ2n) is 5.66. The molecule has 1 atom stereocenters. The van der Waals surface area contributed by atoms with E-state index in [1.807, 2.05) is 0 Å². The van der Waals surface area contributed by atoms with E-state index < -0.39 is 27.8 Å². The lowest BCUT2D eigenvalue weighted by atomic mass is 10.2. The predicted octanol–water partition coefficient (Wildman–Crippen LogP) is 2.67. The largest absolute Gasteiger partial charge is 0.497 e. The number of hydrogen-bond acceptors (Lipinski definition) is 6. The summed E-state index contributed by atoms with van der Waals surface area (Å²) in [5, 5.41) is 2.62. The summed E-state index contributed by atoms with van der Waals surface area (Å²) in [5.41, 5.74) is 0.418. The molecule has 0 fully saturated rings. The highest BCUT2D eigenvalue weighted by Crippen LogP contribution is 2.19. The van der Waals surface area contributed by atoms with E-state index in [4.69, 9.17) is 9.47 Å². The maximum atomic E-state index is 12.4. The summed E-state index contributed by atoms with van der Waals surface area (Å²) in [7, 11) is -2.06. The van der Waals surface area contributed by atoms with Gasteiger partial charge in [0.05, 0.1) is 23.3 Å². The lowest BCUT2D eigenvalue weighted by Gasteiger charge is -2.15.